The molecule has 0 amide bonds. The van der Waals surface area contributed by atoms with Crippen LogP contribution in [0.25, 0.3) is 0 Å². The first-order valence-electron chi connectivity index (χ1n) is 5.04. The molecule has 0 bridgehead atoms. The molecule has 0 aromatic heterocycles. The van der Waals surface area contributed by atoms with Gasteiger partial charge >= 0.3 is 0 Å². The van der Waals surface area contributed by atoms with Crippen molar-refractivity contribution in [1.29, 1.82) is 0 Å². The Morgan fingerprint density at radius 3 is 3.00 bits per heavy atom. The van der Waals surface area contributed by atoms with Crippen LogP contribution in [0.5, 0.6) is 0 Å². The van der Waals surface area contributed by atoms with Gasteiger partial charge in [0, 0.05) is 12.5 Å². The summed E-state index contributed by atoms with van der Waals surface area (Å²) in [5, 5.41) is 10.1. The highest BCUT2D eigenvalue weighted by Gasteiger charge is 2.31. The van der Waals surface area contributed by atoms with Gasteiger partial charge in [0.1, 0.15) is 0 Å². The topological polar surface area (TPSA) is 46.2 Å². The van der Waals surface area contributed by atoms with Gasteiger partial charge in [-0.3, -0.25) is 0 Å². The van der Waals surface area contributed by atoms with E-state index in [1.165, 1.54) is 0 Å². The van der Waals surface area contributed by atoms with Crippen molar-refractivity contribution >= 4 is 0 Å². The molecule has 13 heavy (non-hydrogen) atoms. The van der Waals surface area contributed by atoms with Gasteiger partial charge in [-0.1, -0.05) is 0 Å². The molecule has 2 nitrogen and oxygen atoms in total. The predicted molar refractivity (Wildman–Crippen MR) is 54.1 cm³/mol. The molecule has 2 heteroatoms. The molecule has 2 unspecified atom stereocenters. The van der Waals surface area contributed by atoms with Crippen LogP contribution in [0.3, 0.4) is 0 Å². The molecular weight excluding hydrogens is 162 g/mol. The van der Waals surface area contributed by atoms with E-state index in [0.29, 0.717) is 0 Å². The first-order valence-corrected chi connectivity index (χ1v) is 5.04. The third-order valence-electron chi connectivity index (χ3n) is 2.75. The Labute approximate surface area is 80.5 Å². The molecule has 0 spiro atoms. The summed E-state index contributed by atoms with van der Waals surface area (Å²) in [7, 11) is 0. The van der Waals surface area contributed by atoms with Crippen molar-refractivity contribution in [3.63, 3.8) is 0 Å². The van der Waals surface area contributed by atoms with Crippen molar-refractivity contribution in [3.8, 4) is 11.8 Å². The number of hydrogen-bond donors (Lipinski definition) is 2. The molecule has 0 saturated heterocycles. The van der Waals surface area contributed by atoms with Gasteiger partial charge in [-0.15, -0.1) is 11.8 Å². The van der Waals surface area contributed by atoms with Crippen molar-refractivity contribution < 1.29 is 5.11 Å². The van der Waals surface area contributed by atoms with Crippen molar-refractivity contribution in [2.45, 2.75) is 57.1 Å². The summed E-state index contributed by atoms with van der Waals surface area (Å²) in [6, 6.07) is 0.188. The molecule has 74 valence electrons. The summed E-state index contributed by atoms with van der Waals surface area (Å²) < 4.78 is 0. The van der Waals surface area contributed by atoms with Crippen molar-refractivity contribution in [1.82, 2.24) is 0 Å². The van der Waals surface area contributed by atoms with Crippen LogP contribution < -0.4 is 5.73 Å². The van der Waals surface area contributed by atoms with Crippen molar-refractivity contribution in [2.24, 2.45) is 5.73 Å². The van der Waals surface area contributed by atoms with Gasteiger partial charge in [-0.25, -0.2) is 0 Å². The van der Waals surface area contributed by atoms with E-state index < -0.39 is 5.60 Å². The van der Waals surface area contributed by atoms with Gasteiger partial charge in [-0.2, -0.15) is 0 Å². The Bertz CT molecular complexity index is 216. The first-order chi connectivity index (χ1) is 6.16. The largest absolute Gasteiger partial charge is 0.390 e. The second-order valence-electron chi connectivity index (χ2n) is 4.01. The summed E-state index contributed by atoms with van der Waals surface area (Å²) in [5.74, 6) is 5.83. The maximum Gasteiger partial charge on any atom is 0.0671 e. The fourth-order valence-corrected chi connectivity index (χ4v) is 2.03. The fraction of sp³-hybridized carbons (Fsp3) is 0.818. The van der Waals surface area contributed by atoms with E-state index >= 15 is 0 Å². The van der Waals surface area contributed by atoms with Crippen LogP contribution in [0.4, 0.5) is 0 Å². The zero-order valence-corrected chi connectivity index (χ0v) is 8.34. The van der Waals surface area contributed by atoms with E-state index in [1.807, 2.05) is 6.92 Å². The molecule has 0 aliphatic heterocycles. The second-order valence-corrected chi connectivity index (χ2v) is 4.01. The molecule has 0 radical (unpaired) electrons. The Hall–Kier alpha value is -0.520. The summed E-state index contributed by atoms with van der Waals surface area (Å²) in [5.41, 5.74) is 5.29. The molecule has 0 heterocycles. The Morgan fingerprint density at radius 1 is 1.62 bits per heavy atom. The third kappa shape index (κ3) is 3.38. The lowest BCUT2D eigenvalue weighted by Crippen LogP contribution is -2.41. The second kappa shape index (κ2) is 4.64. The molecular formula is C11H19NO. The standard InChI is InChI=1S/C11H19NO/c1-2-3-4-7-11(13)8-5-6-10(12)9-11/h10,13H,4-9,12H2,1H3. The molecule has 0 aromatic rings. The van der Waals surface area contributed by atoms with Gasteiger partial charge in [-0.05, 0) is 39.0 Å². The smallest absolute Gasteiger partial charge is 0.0671 e. The highest BCUT2D eigenvalue weighted by molar-refractivity contribution is 4.98. The quantitative estimate of drug-likeness (QED) is 0.633. The van der Waals surface area contributed by atoms with Crippen LogP contribution in [-0.2, 0) is 0 Å². The van der Waals surface area contributed by atoms with Crippen molar-refractivity contribution in [3.05, 3.63) is 0 Å². The minimum atomic E-state index is -0.526. The minimum absolute atomic E-state index is 0.188. The monoisotopic (exact) mass is 181 g/mol. The van der Waals surface area contributed by atoms with Crippen LogP contribution in [0, 0.1) is 11.8 Å². The maximum atomic E-state index is 10.1. The van der Waals surface area contributed by atoms with E-state index in [0.717, 1.165) is 38.5 Å². The fourth-order valence-electron chi connectivity index (χ4n) is 2.03. The average Bonchev–Trinajstić information content (AvgIpc) is 2.04. The van der Waals surface area contributed by atoms with Gasteiger partial charge in [0.15, 0.2) is 0 Å². The summed E-state index contributed by atoms with van der Waals surface area (Å²) >= 11 is 0. The van der Waals surface area contributed by atoms with Gasteiger partial charge in [0.25, 0.3) is 0 Å². The summed E-state index contributed by atoms with van der Waals surface area (Å²) in [6.07, 6.45) is 5.32. The first kappa shape index (κ1) is 10.6. The highest BCUT2D eigenvalue weighted by atomic mass is 16.3. The molecule has 1 saturated carbocycles. The zero-order valence-electron chi connectivity index (χ0n) is 8.34. The molecule has 1 aliphatic rings. The number of aliphatic hydroxyl groups is 1. The molecule has 1 fully saturated rings. The summed E-state index contributed by atoms with van der Waals surface area (Å²) in [4.78, 5) is 0. The third-order valence-corrected chi connectivity index (χ3v) is 2.75. The van der Waals surface area contributed by atoms with E-state index in [-0.39, 0.29) is 6.04 Å². The SMILES string of the molecule is CC#CCCC1(O)CCCC(N)C1. The number of hydrogen-bond acceptors (Lipinski definition) is 2. The molecule has 2 atom stereocenters. The lowest BCUT2D eigenvalue weighted by molar-refractivity contribution is -0.00856. The average molecular weight is 181 g/mol. The lowest BCUT2D eigenvalue weighted by Gasteiger charge is -2.35. The van der Waals surface area contributed by atoms with Gasteiger partial charge in [0.05, 0.1) is 5.60 Å². The lowest BCUT2D eigenvalue weighted by atomic mass is 9.79. The zero-order chi connectivity index (χ0) is 9.73. The minimum Gasteiger partial charge on any atom is -0.390 e. The van der Waals surface area contributed by atoms with Gasteiger partial charge < -0.3 is 10.8 Å². The normalized spacial score (nSPS) is 33.6. The van der Waals surface area contributed by atoms with E-state index in [1.54, 1.807) is 0 Å². The molecule has 3 N–H and O–H groups in total. The molecule has 0 aromatic carbocycles. The van der Waals surface area contributed by atoms with Crippen LogP contribution in [0.2, 0.25) is 0 Å². The summed E-state index contributed by atoms with van der Waals surface area (Å²) in [6.45, 7) is 1.83. The Kier molecular flexibility index (Phi) is 3.77. The Balaban J connectivity index is 2.38. The number of rotatable bonds is 2. The number of nitrogens with two attached hydrogens (primary N) is 1. The van der Waals surface area contributed by atoms with E-state index in [2.05, 4.69) is 11.8 Å². The molecule has 1 aliphatic carbocycles. The van der Waals surface area contributed by atoms with E-state index in [4.69, 9.17) is 5.73 Å². The predicted octanol–water partition coefficient (Wildman–Crippen LogP) is 1.42. The van der Waals surface area contributed by atoms with E-state index in [9.17, 15) is 5.11 Å². The maximum absolute atomic E-state index is 10.1. The van der Waals surface area contributed by atoms with Crippen molar-refractivity contribution in [2.75, 3.05) is 0 Å². The van der Waals surface area contributed by atoms with Crippen LogP contribution >= 0.6 is 0 Å². The Morgan fingerprint density at radius 2 is 2.38 bits per heavy atom. The van der Waals surface area contributed by atoms with Crippen LogP contribution in [-0.4, -0.2) is 16.7 Å². The van der Waals surface area contributed by atoms with Crippen LogP contribution in [0.1, 0.15) is 45.4 Å². The van der Waals surface area contributed by atoms with Crippen LogP contribution in [0.15, 0.2) is 0 Å². The highest BCUT2D eigenvalue weighted by Crippen LogP contribution is 2.30. The van der Waals surface area contributed by atoms with Gasteiger partial charge in [0.2, 0.25) is 0 Å². The molecule has 1 rings (SSSR count).